The first-order valence-corrected chi connectivity index (χ1v) is 8.33. The first-order valence-electron chi connectivity index (χ1n) is 7.51. The highest BCUT2D eigenvalue weighted by Crippen LogP contribution is 2.33. The molecule has 3 heterocycles. The Bertz CT molecular complexity index is 1030. The van der Waals surface area contributed by atoms with Gasteiger partial charge in [-0.1, -0.05) is 17.4 Å². The van der Waals surface area contributed by atoms with Crippen LogP contribution in [-0.2, 0) is 0 Å². The quantitative estimate of drug-likeness (QED) is 0.575. The summed E-state index contributed by atoms with van der Waals surface area (Å²) >= 11 is 1.54. The Hall–Kier alpha value is -3.26. The maximum atomic E-state index is 6.14. The molecule has 0 saturated carbocycles. The summed E-state index contributed by atoms with van der Waals surface area (Å²) in [5.74, 6) is 1.27. The van der Waals surface area contributed by atoms with Gasteiger partial charge in [-0.15, -0.1) is 0 Å². The predicted octanol–water partition coefficient (Wildman–Crippen LogP) is 3.91. The molecule has 0 saturated heterocycles. The summed E-state index contributed by atoms with van der Waals surface area (Å²) in [4.78, 5) is 16.8. The highest BCUT2D eigenvalue weighted by molar-refractivity contribution is 7.22. The number of hydrogen-bond acceptors (Lipinski definition) is 8. The molecule has 1 aromatic carbocycles. The van der Waals surface area contributed by atoms with E-state index in [1.54, 1.807) is 24.5 Å². The van der Waals surface area contributed by atoms with Gasteiger partial charge in [0.2, 0.25) is 5.88 Å². The normalized spacial score (nSPS) is 10.8. The summed E-state index contributed by atoms with van der Waals surface area (Å²) in [7, 11) is 0. The third kappa shape index (κ3) is 3.20. The van der Waals surface area contributed by atoms with Crippen molar-refractivity contribution in [2.24, 2.45) is 0 Å². The number of fused-ring (bicyclic) bond motifs is 1. The molecule has 0 aliphatic heterocycles. The zero-order chi connectivity index (χ0) is 17.2. The van der Waals surface area contributed by atoms with Crippen molar-refractivity contribution in [1.29, 1.82) is 0 Å². The molecule has 0 bridgehead atoms. The molecule has 0 atom stereocenters. The van der Waals surface area contributed by atoms with E-state index in [4.69, 9.17) is 10.5 Å². The summed E-state index contributed by atoms with van der Waals surface area (Å²) in [6.07, 6.45) is 4.64. The average molecular weight is 350 g/mol. The van der Waals surface area contributed by atoms with E-state index in [9.17, 15) is 0 Å². The van der Waals surface area contributed by atoms with E-state index >= 15 is 0 Å². The number of nitrogens with zero attached hydrogens (tertiary/aromatic N) is 4. The van der Waals surface area contributed by atoms with Crippen LogP contribution >= 0.6 is 11.3 Å². The zero-order valence-corrected chi connectivity index (χ0v) is 14.1. The lowest BCUT2D eigenvalue weighted by Crippen LogP contribution is -2.03. The fraction of sp³-hybridized carbons (Fsp3) is 0.0588. The molecule has 3 aromatic heterocycles. The second-order valence-electron chi connectivity index (χ2n) is 5.35. The Kier molecular flexibility index (Phi) is 3.87. The Morgan fingerprint density at radius 1 is 1.20 bits per heavy atom. The Labute approximate surface area is 147 Å². The minimum absolute atomic E-state index is 0.266. The molecule has 0 unspecified atom stereocenters. The van der Waals surface area contributed by atoms with Crippen LogP contribution in [0.2, 0.25) is 0 Å². The van der Waals surface area contributed by atoms with Gasteiger partial charge in [0.1, 0.15) is 17.8 Å². The zero-order valence-electron chi connectivity index (χ0n) is 13.3. The molecule has 0 aliphatic rings. The van der Waals surface area contributed by atoms with Gasteiger partial charge in [0, 0.05) is 6.20 Å². The summed E-state index contributed by atoms with van der Waals surface area (Å²) in [6.45, 7) is 2.05. The standard InChI is InChI=1S/C17H14N6OS/c1-10-4-5-12-13(7-10)25-17(22-12)23-15-14(18)16(21-9-20-15)24-11-3-2-6-19-8-11/h2-9H,18H2,1H3,(H,20,21,22,23). The van der Waals surface area contributed by atoms with Crippen LogP contribution < -0.4 is 15.8 Å². The van der Waals surface area contributed by atoms with E-state index in [-0.39, 0.29) is 5.88 Å². The number of benzene rings is 1. The number of rotatable bonds is 4. The second-order valence-corrected chi connectivity index (χ2v) is 6.38. The number of aryl methyl sites for hydroxylation is 1. The Morgan fingerprint density at radius 2 is 2.12 bits per heavy atom. The number of pyridine rings is 1. The van der Waals surface area contributed by atoms with Gasteiger partial charge in [-0.3, -0.25) is 4.98 Å². The number of nitrogen functional groups attached to an aromatic ring is 1. The molecule has 0 amide bonds. The van der Waals surface area contributed by atoms with Crippen molar-refractivity contribution in [2.75, 3.05) is 11.1 Å². The van der Waals surface area contributed by atoms with Crippen molar-refractivity contribution in [3.63, 3.8) is 0 Å². The molecule has 0 aliphatic carbocycles. The van der Waals surface area contributed by atoms with Crippen LogP contribution in [0.4, 0.5) is 16.6 Å². The van der Waals surface area contributed by atoms with Crippen molar-refractivity contribution in [3.8, 4) is 11.6 Å². The van der Waals surface area contributed by atoms with E-state index in [0.29, 0.717) is 22.4 Å². The lowest BCUT2D eigenvalue weighted by molar-refractivity contribution is 0.462. The van der Waals surface area contributed by atoms with Gasteiger partial charge in [0.25, 0.3) is 0 Å². The molecular formula is C17H14N6OS. The molecule has 7 nitrogen and oxygen atoms in total. The SMILES string of the molecule is Cc1ccc2nc(Nc3ncnc(Oc4cccnc4)c3N)sc2c1. The molecule has 4 rings (SSSR count). The van der Waals surface area contributed by atoms with Gasteiger partial charge >= 0.3 is 0 Å². The molecule has 8 heteroatoms. The number of ether oxygens (including phenoxy) is 1. The topological polar surface area (TPSA) is 98.8 Å². The molecule has 0 radical (unpaired) electrons. The highest BCUT2D eigenvalue weighted by Gasteiger charge is 2.12. The van der Waals surface area contributed by atoms with Gasteiger partial charge in [-0.2, -0.15) is 4.98 Å². The summed E-state index contributed by atoms with van der Waals surface area (Å²) in [6, 6.07) is 9.67. The molecule has 25 heavy (non-hydrogen) atoms. The van der Waals surface area contributed by atoms with Crippen molar-refractivity contribution in [2.45, 2.75) is 6.92 Å². The third-order valence-corrected chi connectivity index (χ3v) is 4.40. The van der Waals surface area contributed by atoms with Crippen LogP contribution in [0.15, 0.2) is 49.1 Å². The number of thiazole rings is 1. The van der Waals surface area contributed by atoms with Crippen molar-refractivity contribution < 1.29 is 4.74 Å². The van der Waals surface area contributed by atoms with E-state index < -0.39 is 0 Å². The van der Waals surface area contributed by atoms with E-state index in [2.05, 4.69) is 38.2 Å². The minimum Gasteiger partial charge on any atom is -0.435 e. The fourth-order valence-corrected chi connectivity index (χ4v) is 3.23. The first kappa shape index (κ1) is 15.3. The highest BCUT2D eigenvalue weighted by atomic mass is 32.1. The van der Waals surface area contributed by atoms with Gasteiger partial charge in [-0.05, 0) is 36.8 Å². The molecule has 4 aromatic rings. The summed E-state index contributed by atoms with van der Waals surface area (Å²) < 4.78 is 6.77. The lowest BCUT2D eigenvalue weighted by atomic mass is 10.2. The first-order chi connectivity index (χ1) is 12.2. The van der Waals surface area contributed by atoms with Gasteiger partial charge in [0.05, 0.1) is 16.4 Å². The molecule has 0 spiro atoms. The van der Waals surface area contributed by atoms with Crippen LogP contribution in [0.25, 0.3) is 10.2 Å². The van der Waals surface area contributed by atoms with Crippen LogP contribution in [0.5, 0.6) is 11.6 Å². The fourth-order valence-electron chi connectivity index (χ4n) is 2.27. The maximum absolute atomic E-state index is 6.14. The van der Waals surface area contributed by atoms with Crippen LogP contribution in [0.3, 0.4) is 0 Å². The van der Waals surface area contributed by atoms with Gasteiger partial charge in [0.15, 0.2) is 10.9 Å². The maximum Gasteiger partial charge on any atom is 0.248 e. The summed E-state index contributed by atoms with van der Waals surface area (Å²) in [5.41, 5.74) is 8.57. The number of hydrogen-bond donors (Lipinski definition) is 2. The number of aromatic nitrogens is 4. The third-order valence-electron chi connectivity index (χ3n) is 3.47. The van der Waals surface area contributed by atoms with Gasteiger partial charge in [-0.25, -0.2) is 9.97 Å². The molecule has 0 fully saturated rings. The molecular weight excluding hydrogens is 336 g/mol. The van der Waals surface area contributed by atoms with Gasteiger partial charge < -0.3 is 15.8 Å². The van der Waals surface area contributed by atoms with E-state index in [1.807, 2.05) is 12.1 Å². The van der Waals surface area contributed by atoms with Crippen LogP contribution in [-0.4, -0.2) is 19.9 Å². The van der Waals surface area contributed by atoms with Crippen LogP contribution in [0.1, 0.15) is 5.56 Å². The average Bonchev–Trinajstić information content (AvgIpc) is 3.01. The number of nitrogens with one attached hydrogen (secondary N) is 1. The van der Waals surface area contributed by atoms with E-state index in [1.165, 1.54) is 23.2 Å². The van der Waals surface area contributed by atoms with Crippen molar-refractivity contribution in [1.82, 2.24) is 19.9 Å². The molecule has 3 N–H and O–H groups in total. The Morgan fingerprint density at radius 3 is 2.96 bits per heavy atom. The van der Waals surface area contributed by atoms with E-state index in [0.717, 1.165) is 10.2 Å². The van der Waals surface area contributed by atoms with Crippen LogP contribution in [0, 0.1) is 6.92 Å². The lowest BCUT2D eigenvalue weighted by Gasteiger charge is -2.09. The molecule has 124 valence electrons. The Balaban J connectivity index is 1.62. The predicted molar refractivity (Wildman–Crippen MR) is 98.4 cm³/mol. The minimum atomic E-state index is 0.266. The van der Waals surface area contributed by atoms with Crippen molar-refractivity contribution >= 4 is 38.2 Å². The van der Waals surface area contributed by atoms with Crippen molar-refractivity contribution in [3.05, 3.63) is 54.6 Å². The number of anilines is 3. The monoisotopic (exact) mass is 350 g/mol. The largest absolute Gasteiger partial charge is 0.435 e. The second kappa shape index (κ2) is 6.33. The number of nitrogens with two attached hydrogens (primary N) is 1. The smallest absolute Gasteiger partial charge is 0.248 e. The summed E-state index contributed by atoms with van der Waals surface area (Å²) in [5, 5.41) is 3.85.